The van der Waals surface area contributed by atoms with Crippen molar-refractivity contribution in [1.29, 1.82) is 0 Å². The lowest BCUT2D eigenvalue weighted by atomic mass is 9.93. The second-order valence-electron chi connectivity index (χ2n) is 12.4. The Morgan fingerprint density at radius 1 is 1.00 bits per heavy atom. The minimum Gasteiger partial charge on any atom is -0.395 e. The highest BCUT2D eigenvalue weighted by Gasteiger charge is 2.44. The molecule has 236 valence electrons. The molecule has 2 aliphatic heterocycles. The number of anilines is 6. The summed E-state index contributed by atoms with van der Waals surface area (Å²) in [6.45, 7) is 3.12. The Labute approximate surface area is 255 Å². The van der Waals surface area contributed by atoms with Gasteiger partial charge in [-0.1, -0.05) is 0 Å². The van der Waals surface area contributed by atoms with E-state index in [0.29, 0.717) is 51.6 Å². The molecule has 0 bridgehead atoms. The van der Waals surface area contributed by atoms with Gasteiger partial charge in [0.25, 0.3) is 5.92 Å². The fourth-order valence-electron chi connectivity index (χ4n) is 6.38. The topological polar surface area (TPSA) is 132 Å². The van der Waals surface area contributed by atoms with Gasteiger partial charge in [0.05, 0.1) is 46.3 Å². The van der Waals surface area contributed by atoms with Crippen molar-refractivity contribution in [1.82, 2.24) is 4.98 Å². The van der Waals surface area contributed by atoms with Crippen molar-refractivity contribution in [3.8, 4) is 0 Å². The van der Waals surface area contributed by atoms with Crippen LogP contribution in [0, 0.1) is 12.3 Å². The number of fused-ring (bicyclic) bond motifs is 1. The number of aliphatic hydroxyl groups excluding tert-OH is 1. The van der Waals surface area contributed by atoms with E-state index in [-0.39, 0.29) is 25.9 Å². The third-order valence-corrected chi connectivity index (χ3v) is 10.6. The Morgan fingerprint density at radius 2 is 1.66 bits per heavy atom. The summed E-state index contributed by atoms with van der Waals surface area (Å²) < 4.78 is 55.6. The molecule has 3 heterocycles. The van der Waals surface area contributed by atoms with Crippen molar-refractivity contribution < 1.29 is 27.1 Å². The number of nitrogens with zero attached hydrogens (tertiary/aromatic N) is 4. The van der Waals surface area contributed by atoms with E-state index in [1.165, 1.54) is 17.7 Å². The van der Waals surface area contributed by atoms with E-state index in [9.17, 15) is 27.1 Å². The Morgan fingerprint density at radius 3 is 2.30 bits per heavy atom. The van der Waals surface area contributed by atoms with E-state index >= 15 is 0 Å². The second kappa shape index (κ2) is 11.3. The lowest BCUT2D eigenvalue weighted by molar-refractivity contribution is -0.106. The maximum absolute atomic E-state index is 14.1. The maximum atomic E-state index is 14.1. The number of pyridine rings is 1. The third kappa shape index (κ3) is 6.12. The molecule has 0 unspecified atom stereocenters. The van der Waals surface area contributed by atoms with Crippen LogP contribution in [0.3, 0.4) is 0 Å². The number of aromatic nitrogens is 1. The smallest absolute Gasteiger partial charge is 0.251 e. The first-order valence-corrected chi connectivity index (χ1v) is 16.7. The van der Waals surface area contributed by atoms with Gasteiger partial charge in [-0.05, 0) is 80.0 Å². The summed E-state index contributed by atoms with van der Waals surface area (Å²) in [6, 6.07) is 10.5. The number of rotatable bonds is 9. The van der Waals surface area contributed by atoms with E-state index in [0.717, 1.165) is 36.9 Å². The molecule has 0 atom stereocenters. The number of sulfonamides is 1. The highest BCUT2D eigenvalue weighted by atomic mass is 32.2. The van der Waals surface area contributed by atoms with E-state index in [1.807, 2.05) is 24.0 Å². The van der Waals surface area contributed by atoms with Crippen molar-refractivity contribution in [3.63, 3.8) is 0 Å². The van der Waals surface area contributed by atoms with E-state index in [4.69, 9.17) is 5.73 Å². The molecule has 6 rings (SSSR count). The van der Waals surface area contributed by atoms with Gasteiger partial charge in [0, 0.05) is 44.4 Å². The number of benzene rings is 2. The molecule has 1 aromatic heterocycles. The number of carbonyl (C=O) groups is 1. The van der Waals surface area contributed by atoms with Crippen molar-refractivity contribution in [2.24, 2.45) is 5.41 Å². The SMILES string of the molecule is Cc1cc2cc(N(C=O)c3ccc(NS(=O)(=O)CCO)cc3N3CCC4(CC3)CC4)cc(N3CCC(F)(F)CC3)c2nc1N. The van der Waals surface area contributed by atoms with Gasteiger partial charge in [-0.2, -0.15) is 0 Å². The van der Waals surface area contributed by atoms with Crippen LogP contribution in [-0.4, -0.2) is 69.4 Å². The second-order valence-corrected chi connectivity index (χ2v) is 14.2. The zero-order valence-corrected chi connectivity index (χ0v) is 25.5. The predicted molar refractivity (Wildman–Crippen MR) is 170 cm³/mol. The van der Waals surface area contributed by atoms with Crippen LogP contribution in [0.2, 0.25) is 0 Å². The average molecular weight is 629 g/mol. The first kappa shape index (κ1) is 30.3. The van der Waals surface area contributed by atoms with Gasteiger partial charge in [0.2, 0.25) is 16.4 Å². The van der Waals surface area contributed by atoms with Crippen LogP contribution in [0.5, 0.6) is 0 Å². The van der Waals surface area contributed by atoms with E-state index in [2.05, 4.69) is 14.6 Å². The molecule has 1 amide bonds. The Kier molecular flexibility index (Phi) is 7.81. The molecular weight excluding hydrogens is 590 g/mol. The number of amides is 1. The first-order valence-electron chi connectivity index (χ1n) is 15.0. The number of piperidine rings is 2. The fraction of sp³-hybridized carbons (Fsp3) is 0.484. The van der Waals surface area contributed by atoms with Crippen LogP contribution < -0.4 is 25.2 Å². The summed E-state index contributed by atoms with van der Waals surface area (Å²) in [7, 11) is -3.77. The van der Waals surface area contributed by atoms with Gasteiger partial charge in [-0.25, -0.2) is 22.2 Å². The molecule has 2 aromatic carbocycles. The number of aryl methyl sites for hydroxylation is 1. The van der Waals surface area contributed by atoms with Crippen LogP contribution in [0.1, 0.15) is 44.1 Å². The monoisotopic (exact) mass is 628 g/mol. The number of alkyl halides is 2. The van der Waals surface area contributed by atoms with Gasteiger partial charge in [-0.15, -0.1) is 0 Å². The summed E-state index contributed by atoms with van der Waals surface area (Å²) in [5.74, 6) is -2.82. The number of hydrogen-bond donors (Lipinski definition) is 3. The minimum atomic E-state index is -3.77. The molecule has 1 aliphatic carbocycles. The zero-order valence-electron chi connectivity index (χ0n) is 24.7. The molecule has 3 aliphatic rings. The number of carbonyl (C=O) groups excluding carboxylic acids is 1. The molecule has 1 spiro atoms. The molecule has 0 radical (unpaired) electrons. The standard InChI is InChI=1S/C31H38F2N6O4S/c1-21-16-22-17-24(19-27(28(22)35-29(21)34)38-12-8-31(32,33)9-13-38)39(20-41)25-3-2-23(36-44(42,43)15-14-40)18-26(25)37-10-6-30(4-5-30)7-11-37/h2-3,16-20,36,40H,4-15H2,1H3,(H2,34,35). The summed E-state index contributed by atoms with van der Waals surface area (Å²) in [6.07, 6.45) is 4.61. The quantitative estimate of drug-likeness (QED) is 0.289. The number of nitrogens with one attached hydrogen (secondary N) is 1. The number of hydrogen-bond acceptors (Lipinski definition) is 8. The molecule has 1 saturated carbocycles. The Bertz CT molecular complexity index is 1680. The number of nitrogens with two attached hydrogens (primary N) is 1. The van der Waals surface area contributed by atoms with Crippen molar-refractivity contribution in [2.45, 2.75) is 51.4 Å². The molecule has 10 nitrogen and oxygen atoms in total. The molecule has 13 heteroatoms. The van der Waals surface area contributed by atoms with Gasteiger partial charge >= 0.3 is 0 Å². The molecule has 44 heavy (non-hydrogen) atoms. The zero-order chi connectivity index (χ0) is 31.3. The third-order valence-electron chi connectivity index (χ3n) is 9.32. The lowest BCUT2D eigenvalue weighted by Crippen LogP contribution is -2.39. The summed E-state index contributed by atoms with van der Waals surface area (Å²) in [4.78, 5) is 23.1. The lowest BCUT2D eigenvalue weighted by Gasteiger charge is -2.37. The number of aliphatic hydroxyl groups is 1. The molecular formula is C31H38F2N6O4S. The summed E-state index contributed by atoms with van der Waals surface area (Å²) >= 11 is 0. The molecule has 4 N–H and O–H groups in total. The van der Waals surface area contributed by atoms with Crippen LogP contribution in [-0.2, 0) is 14.8 Å². The van der Waals surface area contributed by atoms with E-state index < -0.39 is 28.3 Å². The average Bonchev–Trinajstić information content (AvgIpc) is 3.73. The van der Waals surface area contributed by atoms with Crippen LogP contribution in [0.4, 0.5) is 43.0 Å². The Hall–Kier alpha value is -3.71. The molecule has 2 saturated heterocycles. The molecule has 3 fully saturated rings. The highest BCUT2D eigenvalue weighted by molar-refractivity contribution is 7.92. The largest absolute Gasteiger partial charge is 0.395 e. The molecule has 3 aromatic rings. The fourth-order valence-corrected chi connectivity index (χ4v) is 7.21. The predicted octanol–water partition coefficient (Wildman–Crippen LogP) is 4.77. The van der Waals surface area contributed by atoms with Crippen LogP contribution >= 0.6 is 0 Å². The summed E-state index contributed by atoms with van der Waals surface area (Å²) in [5.41, 5.74) is 10.6. The van der Waals surface area contributed by atoms with Gasteiger partial charge in [0.1, 0.15) is 5.82 Å². The van der Waals surface area contributed by atoms with Crippen molar-refractivity contribution in [3.05, 3.63) is 42.0 Å². The van der Waals surface area contributed by atoms with Crippen molar-refractivity contribution >= 4 is 61.6 Å². The van der Waals surface area contributed by atoms with E-state index in [1.54, 1.807) is 24.3 Å². The van der Waals surface area contributed by atoms with Crippen LogP contribution in [0.25, 0.3) is 10.9 Å². The first-order chi connectivity index (χ1) is 20.9. The number of halogens is 2. The van der Waals surface area contributed by atoms with Crippen LogP contribution in [0.15, 0.2) is 36.4 Å². The Balaban J connectivity index is 1.44. The van der Waals surface area contributed by atoms with Gasteiger partial charge < -0.3 is 20.6 Å². The maximum Gasteiger partial charge on any atom is 0.251 e. The summed E-state index contributed by atoms with van der Waals surface area (Å²) in [5, 5.41) is 9.91. The van der Waals surface area contributed by atoms with Gasteiger partial charge in [-0.3, -0.25) is 14.4 Å². The normalized spacial score (nSPS) is 19.3. The highest BCUT2D eigenvalue weighted by Crippen LogP contribution is 2.54. The number of nitrogen functional groups attached to an aromatic ring is 1. The minimum absolute atomic E-state index is 0.131. The van der Waals surface area contributed by atoms with Gasteiger partial charge in [0.15, 0.2) is 0 Å². The van der Waals surface area contributed by atoms with Crippen molar-refractivity contribution in [2.75, 3.05) is 63.7 Å².